The quantitative estimate of drug-likeness (QED) is 0.175. The molecule has 1 saturated heterocycles. The van der Waals surface area contributed by atoms with E-state index < -0.39 is 35.4 Å². The molecule has 1 aliphatic carbocycles. The Kier molecular flexibility index (Phi) is 13.9. The van der Waals surface area contributed by atoms with Gasteiger partial charge >= 0.3 is 18.2 Å². The first-order valence-electron chi connectivity index (χ1n) is 19.8. The number of carboxylic acids is 1. The Labute approximate surface area is 334 Å². The summed E-state index contributed by atoms with van der Waals surface area (Å²) in [4.78, 5) is 73.9. The van der Waals surface area contributed by atoms with E-state index in [0.717, 1.165) is 42.7 Å². The fourth-order valence-corrected chi connectivity index (χ4v) is 7.66. The maximum absolute atomic E-state index is 14.5. The van der Waals surface area contributed by atoms with Gasteiger partial charge in [-0.1, -0.05) is 12.1 Å². The van der Waals surface area contributed by atoms with E-state index in [-0.39, 0.29) is 47.8 Å². The number of anilines is 2. The monoisotopic (exact) mass is 790 g/mol. The highest BCUT2D eigenvalue weighted by Crippen LogP contribution is 2.40. The molecule has 15 heteroatoms. The number of alkyl carbamates (subject to hydrolysis) is 2. The van der Waals surface area contributed by atoms with E-state index in [1.54, 1.807) is 65.7 Å². The van der Waals surface area contributed by atoms with Gasteiger partial charge in [-0.2, -0.15) is 0 Å². The van der Waals surface area contributed by atoms with Gasteiger partial charge in [0.25, 0.3) is 5.91 Å². The van der Waals surface area contributed by atoms with Crippen LogP contribution in [0.5, 0.6) is 0 Å². The fourth-order valence-electron chi connectivity index (χ4n) is 7.66. The summed E-state index contributed by atoms with van der Waals surface area (Å²) in [6.07, 6.45) is 3.57. The van der Waals surface area contributed by atoms with Crippen LogP contribution in [-0.4, -0.2) is 96.5 Å². The minimum atomic E-state index is -1.06. The first-order chi connectivity index (χ1) is 26.9. The summed E-state index contributed by atoms with van der Waals surface area (Å²) in [5.41, 5.74) is 1.91. The number of fused-ring (bicyclic) bond motifs is 1. The predicted molar refractivity (Wildman–Crippen MR) is 215 cm³/mol. The maximum atomic E-state index is 14.5. The summed E-state index contributed by atoms with van der Waals surface area (Å²) in [5, 5.41) is 17.4. The van der Waals surface area contributed by atoms with Gasteiger partial charge in [-0.25, -0.2) is 14.4 Å². The lowest BCUT2D eigenvalue weighted by Gasteiger charge is -2.42. The van der Waals surface area contributed by atoms with E-state index >= 15 is 0 Å². The lowest BCUT2D eigenvalue weighted by Crippen LogP contribution is -2.48. The molecule has 5 rings (SSSR count). The van der Waals surface area contributed by atoms with Crippen LogP contribution in [0.4, 0.5) is 21.0 Å². The number of carbonyl (C=O) groups excluding carboxylic acids is 4. The van der Waals surface area contributed by atoms with Crippen molar-refractivity contribution >= 4 is 47.3 Å². The molecule has 0 spiro atoms. The van der Waals surface area contributed by atoms with Gasteiger partial charge in [0, 0.05) is 50.6 Å². The van der Waals surface area contributed by atoms with E-state index in [4.69, 9.17) is 14.2 Å². The number of benzene rings is 2. The zero-order valence-corrected chi connectivity index (χ0v) is 34.2. The number of rotatable bonds is 8. The molecule has 1 saturated carbocycles. The lowest BCUT2D eigenvalue weighted by atomic mass is 9.80. The molecule has 1 unspecified atom stereocenters. The molecule has 57 heavy (non-hydrogen) atoms. The molecular weight excluding hydrogens is 732 g/mol. The van der Waals surface area contributed by atoms with Crippen LogP contribution in [0.3, 0.4) is 0 Å². The molecule has 2 aliphatic heterocycles. The molecule has 0 bridgehead atoms. The second-order valence-electron chi connectivity index (χ2n) is 17.0. The summed E-state index contributed by atoms with van der Waals surface area (Å²) in [6.45, 7) is 12.7. The molecular formula is C42H58N6O9. The zero-order valence-electron chi connectivity index (χ0n) is 34.2. The van der Waals surface area contributed by atoms with Crippen molar-refractivity contribution in [2.45, 2.75) is 110 Å². The Hall–Kier alpha value is -5.18. The smallest absolute Gasteiger partial charge is 0.414 e. The number of aliphatic imine (C=N–C) groups is 1. The Bertz CT molecular complexity index is 1770. The minimum Gasteiger partial charge on any atom is -0.478 e. The van der Waals surface area contributed by atoms with Gasteiger partial charge in [0.15, 0.2) is 0 Å². The molecule has 4 amide bonds. The summed E-state index contributed by atoms with van der Waals surface area (Å²) in [5.74, 6) is -1.85. The van der Waals surface area contributed by atoms with Crippen molar-refractivity contribution in [2.24, 2.45) is 16.8 Å². The number of nitrogens with zero attached hydrogens (tertiary/aromatic N) is 3. The molecule has 15 nitrogen and oxygen atoms in total. The summed E-state index contributed by atoms with van der Waals surface area (Å²) in [6, 6.07) is 11.0. The first kappa shape index (κ1) is 43.0. The van der Waals surface area contributed by atoms with Crippen molar-refractivity contribution in [3.05, 3.63) is 59.2 Å². The van der Waals surface area contributed by atoms with E-state index in [1.165, 1.54) is 12.1 Å². The van der Waals surface area contributed by atoms with Crippen molar-refractivity contribution < 1.29 is 43.3 Å². The third-order valence-corrected chi connectivity index (χ3v) is 10.4. The van der Waals surface area contributed by atoms with Gasteiger partial charge in [0.1, 0.15) is 17.2 Å². The highest BCUT2D eigenvalue weighted by Gasteiger charge is 2.41. The summed E-state index contributed by atoms with van der Waals surface area (Å²) >= 11 is 0. The normalized spacial score (nSPS) is 20.1. The van der Waals surface area contributed by atoms with Crippen LogP contribution < -0.4 is 20.9 Å². The molecule has 1 atom stereocenters. The van der Waals surface area contributed by atoms with Crippen LogP contribution >= 0.6 is 0 Å². The van der Waals surface area contributed by atoms with Gasteiger partial charge in [-0.05, 0) is 134 Å². The van der Waals surface area contributed by atoms with Crippen LogP contribution in [0.25, 0.3) is 0 Å². The molecule has 0 radical (unpaired) electrons. The van der Waals surface area contributed by atoms with Crippen LogP contribution in [-0.2, 0) is 30.2 Å². The number of ether oxygens (including phenoxy) is 3. The van der Waals surface area contributed by atoms with Crippen molar-refractivity contribution in [3.8, 4) is 0 Å². The molecule has 2 aromatic rings. The number of carbonyl (C=O) groups is 5. The molecule has 4 N–H and O–H groups in total. The number of guanidine groups is 1. The molecule has 2 heterocycles. The third kappa shape index (κ3) is 11.9. The first-order valence-corrected chi connectivity index (χ1v) is 19.8. The lowest BCUT2D eigenvalue weighted by molar-refractivity contribution is -0.144. The van der Waals surface area contributed by atoms with Gasteiger partial charge in [-0.15, -0.1) is 0 Å². The van der Waals surface area contributed by atoms with E-state index in [9.17, 15) is 29.1 Å². The minimum absolute atomic E-state index is 0.0738. The van der Waals surface area contributed by atoms with E-state index in [1.807, 2.05) is 12.1 Å². The van der Waals surface area contributed by atoms with E-state index in [2.05, 4.69) is 31.9 Å². The average molecular weight is 791 g/mol. The number of piperidine rings is 1. The van der Waals surface area contributed by atoms with E-state index in [0.29, 0.717) is 44.3 Å². The number of hydrogen-bond acceptors (Lipinski definition) is 10. The van der Waals surface area contributed by atoms with Crippen molar-refractivity contribution in [1.82, 2.24) is 15.5 Å². The second kappa shape index (κ2) is 18.4. The maximum Gasteiger partial charge on any atom is 0.414 e. The number of amides is 4. The van der Waals surface area contributed by atoms with Crippen LogP contribution in [0.1, 0.15) is 108 Å². The number of hydrogen-bond donors (Lipinski definition) is 4. The molecule has 2 aromatic carbocycles. The number of carboxylic acid groups (broad SMARTS) is 1. The predicted octanol–water partition coefficient (Wildman–Crippen LogP) is 6.28. The highest BCUT2D eigenvalue weighted by atomic mass is 16.6. The van der Waals surface area contributed by atoms with Gasteiger partial charge in [0.05, 0.1) is 11.7 Å². The number of methoxy groups -OCH3 is 1. The third-order valence-electron chi connectivity index (χ3n) is 10.4. The van der Waals surface area contributed by atoms with Crippen molar-refractivity contribution in [2.75, 3.05) is 43.5 Å². The molecule has 3 aliphatic rings. The Balaban J connectivity index is 1.31. The largest absolute Gasteiger partial charge is 0.478 e. The van der Waals surface area contributed by atoms with Crippen LogP contribution in [0.2, 0.25) is 0 Å². The number of aromatic carboxylic acids is 1. The second-order valence-corrected chi connectivity index (χ2v) is 17.0. The SMILES string of the molecule is COC1CCN(c2cccc3c2CCN(C(=O)C2CCC(CN=C(NC(=O)OC(C)(C)C)NC(=O)OC(C)(C)C)CC2)C3C(=O)Nc2ccc(C(=O)O)cc2)CC1. The number of nitrogens with one attached hydrogen (secondary N) is 3. The molecule has 0 aromatic heterocycles. The fraction of sp³-hybridized carbons (Fsp3) is 0.571. The van der Waals surface area contributed by atoms with Gasteiger partial charge < -0.3 is 34.4 Å². The Morgan fingerprint density at radius 3 is 1.95 bits per heavy atom. The standard InChI is InChI=1S/C42H58N6O9/c1-41(2,3)56-39(53)45-38(46-40(54)57-42(4,5)6)43-25-26-11-13-27(14-12-26)36(50)48-24-21-31-32(9-8-10-33(31)47-22-19-30(55-7)20-23-47)34(48)35(49)44-29-17-15-28(16-18-29)37(51)52/h8-10,15-18,26-27,30,34H,11-14,19-25H2,1-7H3,(H,44,49)(H,51,52)(H2,43,45,46,53,54). The zero-order chi connectivity index (χ0) is 41.5. The topological polar surface area (TPSA) is 188 Å². The van der Waals surface area contributed by atoms with Crippen LogP contribution in [0.15, 0.2) is 47.5 Å². The highest BCUT2D eigenvalue weighted by molar-refractivity contribution is 6.01. The van der Waals surface area contributed by atoms with Gasteiger partial charge in [0.2, 0.25) is 11.9 Å². The average Bonchev–Trinajstić information content (AvgIpc) is 3.14. The Morgan fingerprint density at radius 2 is 1.40 bits per heavy atom. The van der Waals surface area contributed by atoms with Gasteiger partial charge in [-0.3, -0.25) is 25.2 Å². The summed E-state index contributed by atoms with van der Waals surface area (Å²) < 4.78 is 16.3. The Morgan fingerprint density at radius 1 is 0.807 bits per heavy atom. The van der Waals surface area contributed by atoms with Crippen LogP contribution in [0, 0.1) is 11.8 Å². The molecule has 310 valence electrons. The van der Waals surface area contributed by atoms with Crippen molar-refractivity contribution in [1.29, 1.82) is 0 Å². The van der Waals surface area contributed by atoms with Crippen molar-refractivity contribution in [3.63, 3.8) is 0 Å². The molecule has 2 fully saturated rings. The summed E-state index contributed by atoms with van der Waals surface area (Å²) in [7, 11) is 1.74.